The Morgan fingerprint density at radius 1 is 1.19 bits per heavy atom. The molecule has 0 aliphatic carbocycles. The van der Waals surface area contributed by atoms with Crippen LogP contribution >= 0.6 is 11.6 Å². The van der Waals surface area contributed by atoms with Crippen molar-refractivity contribution in [1.29, 1.82) is 0 Å². The number of pyridine rings is 1. The number of benzene rings is 1. The van der Waals surface area contributed by atoms with Crippen LogP contribution in [0.1, 0.15) is 16.8 Å². The molecule has 0 bridgehead atoms. The predicted octanol–water partition coefficient (Wildman–Crippen LogP) is 2.78. The Kier molecular flexibility index (Phi) is 3.54. The normalized spacial score (nSPS) is 10.4. The molecule has 1 aromatic carbocycles. The van der Waals surface area contributed by atoms with E-state index in [0.29, 0.717) is 6.54 Å². The van der Waals surface area contributed by atoms with Gasteiger partial charge < -0.3 is 5.73 Å². The molecule has 1 aromatic heterocycles. The molecule has 0 amide bonds. The van der Waals surface area contributed by atoms with Crippen LogP contribution in [0.4, 0.5) is 0 Å². The molecule has 82 valence electrons. The average molecular weight is 233 g/mol. The van der Waals surface area contributed by atoms with Gasteiger partial charge in [-0.3, -0.25) is 4.98 Å². The first-order valence-corrected chi connectivity index (χ1v) is 5.54. The van der Waals surface area contributed by atoms with Gasteiger partial charge in [-0.2, -0.15) is 0 Å². The van der Waals surface area contributed by atoms with Crippen molar-refractivity contribution in [1.82, 2.24) is 4.98 Å². The van der Waals surface area contributed by atoms with E-state index in [1.165, 1.54) is 5.56 Å². The largest absolute Gasteiger partial charge is 0.326 e. The summed E-state index contributed by atoms with van der Waals surface area (Å²) in [5.41, 5.74) is 8.83. The van der Waals surface area contributed by atoms with Crippen LogP contribution in [0, 0.1) is 0 Å². The molecule has 0 saturated heterocycles. The van der Waals surface area contributed by atoms with Crippen LogP contribution in [0.3, 0.4) is 0 Å². The van der Waals surface area contributed by atoms with Crippen molar-refractivity contribution >= 4 is 11.6 Å². The Hall–Kier alpha value is -1.38. The molecule has 0 radical (unpaired) electrons. The van der Waals surface area contributed by atoms with E-state index < -0.39 is 0 Å². The number of nitrogens with zero attached hydrogens (tertiary/aromatic N) is 1. The summed E-state index contributed by atoms with van der Waals surface area (Å²) in [6, 6.07) is 11.9. The fourth-order valence-electron chi connectivity index (χ4n) is 1.61. The molecule has 0 fully saturated rings. The number of hydrogen-bond acceptors (Lipinski definition) is 2. The lowest BCUT2D eigenvalue weighted by molar-refractivity contribution is 1.03. The monoisotopic (exact) mass is 232 g/mol. The highest BCUT2D eigenvalue weighted by Crippen LogP contribution is 2.18. The number of hydrogen-bond donors (Lipinski definition) is 1. The molecule has 0 aliphatic heterocycles. The highest BCUT2D eigenvalue weighted by molar-refractivity contribution is 6.31. The van der Waals surface area contributed by atoms with Gasteiger partial charge in [0.2, 0.25) is 0 Å². The number of nitrogens with two attached hydrogens (primary N) is 1. The topological polar surface area (TPSA) is 38.9 Å². The summed E-state index contributed by atoms with van der Waals surface area (Å²) in [6.07, 6.45) is 2.61. The molecular weight excluding hydrogens is 220 g/mol. The maximum atomic E-state index is 6.00. The summed E-state index contributed by atoms with van der Waals surface area (Å²) < 4.78 is 0. The third kappa shape index (κ3) is 2.60. The molecule has 0 spiro atoms. The third-order valence-electron chi connectivity index (χ3n) is 2.44. The van der Waals surface area contributed by atoms with E-state index in [2.05, 4.69) is 4.98 Å². The number of rotatable bonds is 3. The van der Waals surface area contributed by atoms with Gasteiger partial charge in [-0.25, -0.2) is 0 Å². The Bertz CT molecular complexity index is 469. The minimum Gasteiger partial charge on any atom is -0.326 e. The second kappa shape index (κ2) is 5.10. The van der Waals surface area contributed by atoms with Gasteiger partial charge in [-0.05, 0) is 29.3 Å². The highest BCUT2D eigenvalue weighted by atomic mass is 35.5. The van der Waals surface area contributed by atoms with Crippen LogP contribution in [0.5, 0.6) is 0 Å². The van der Waals surface area contributed by atoms with E-state index in [1.807, 2.05) is 36.4 Å². The van der Waals surface area contributed by atoms with Crippen LogP contribution in [0.15, 0.2) is 42.6 Å². The lowest BCUT2D eigenvalue weighted by Gasteiger charge is -2.05. The van der Waals surface area contributed by atoms with E-state index >= 15 is 0 Å². The van der Waals surface area contributed by atoms with Crippen molar-refractivity contribution in [2.75, 3.05) is 0 Å². The molecule has 2 nitrogen and oxygen atoms in total. The third-order valence-corrected chi connectivity index (χ3v) is 2.81. The van der Waals surface area contributed by atoms with E-state index in [1.54, 1.807) is 6.20 Å². The molecular formula is C13H13ClN2. The summed E-state index contributed by atoms with van der Waals surface area (Å²) in [5.74, 6) is 0. The van der Waals surface area contributed by atoms with Gasteiger partial charge in [0.05, 0.1) is 0 Å². The van der Waals surface area contributed by atoms with Gasteiger partial charge in [0.15, 0.2) is 0 Å². The Labute approximate surface area is 100 Å². The quantitative estimate of drug-likeness (QED) is 0.884. The molecule has 0 saturated carbocycles. The minimum absolute atomic E-state index is 0.467. The minimum atomic E-state index is 0.467. The first-order chi connectivity index (χ1) is 7.79. The summed E-state index contributed by atoms with van der Waals surface area (Å²) >= 11 is 6.00. The van der Waals surface area contributed by atoms with E-state index in [-0.39, 0.29) is 0 Å². The van der Waals surface area contributed by atoms with Crippen LogP contribution in [0.2, 0.25) is 5.02 Å². The summed E-state index contributed by atoms with van der Waals surface area (Å²) in [7, 11) is 0. The summed E-state index contributed by atoms with van der Waals surface area (Å²) in [4.78, 5) is 4.29. The molecule has 0 unspecified atom stereocenters. The predicted molar refractivity (Wildman–Crippen MR) is 66.4 cm³/mol. The maximum Gasteiger partial charge on any atom is 0.0451 e. The molecule has 16 heavy (non-hydrogen) atoms. The van der Waals surface area contributed by atoms with Gasteiger partial charge in [0, 0.05) is 29.9 Å². The van der Waals surface area contributed by atoms with Crippen molar-refractivity contribution in [2.24, 2.45) is 5.73 Å². The highest BCUT2D eigenvalue weighted by Gasteiger charge is 2.01. The molecule has 0 aliphatic rings. The Morgan fingerprint density at radius 3 is 2.75 bits per heavy atom. The van der Waals surface area contributed by atoms with Crippen LogP contribution in [-0.4, -0.2) is 4.98 Å². The fourth-order valence-corrected chi connectivity index (χ4v) is 1.80. The van der Waals surface area contributed by atoms with Crippen LogP contribution in [0.25, 0.3) is 0 Å². The van der Waals surface area contributed by atoms with E-state index in [0.717, 1.165) is 22.7 Å². The van der Waals surface area contributed by atoms with Crippen molar-refractivity contribution < 1.29 is 0 Å². The van der Waals surface area contributed by atoms with Crippen LogP contribution in [-0.2, 0) is 13.0 Å². The summed E-state index contributed by atoms with van der Waals surface area (Å²) in [6.45, 7) is 0.467. The van der Waals surface area contributed by atoms with Gasteiger partial charge in [0.25, 0.3) is 0 Å². The Morgan fingerprint density at radius 2 is 2.06 bits per heavy atom. The molecule has 0 atom stereocenters. The summed E-state index contributed by atoms with van der Waals surface area (Å²) in [5, 5.41) is 0.729. The molecule has 3 heteroatoms. The standard InChI is InChI=1S/C13H13ClN2/c14-13-5-4-10(7-11(13)9-15)8-12-3-1-2-6-16-12/h1-7H,8-9,15H2. The number of halogens is 1. The zero-order valence-corrected chi connectivity index (χ0v) is 9.61. The van der Waals surface area contributed by atoms with Crippen molar-refractivity contribution in [3.8, 4) is 0 Å². The smallest absolute Gasteiger partial charge is 0.0451 e. The second-order valence-electron chi connectivity index (χ2n) is 3.63. The van der Waals surface area contributed by atoms with Crippen molar-refractivity contribution in [2.45, 2.75) is 13.0 Å². The van der Waals surface area contributed by atoms with E-state index in [9.17, 15) is 0 Å². The van der Waals surface area contributed by atoms with Crippen LogP contribution < -0.4 is 5.73 Å². The molecule has 1 heterocycles. The Balaban J connectivity index is 2.22. The van der Waals surface area contributed by atoms with Gasteiger partial charge in [-0.1, -0.05) is 29.8 Å². The van der Waals surface area contributed by atoms with Crippen molar-refractivity contribution in [3.63, 3.8) is 0 Å². The molecule has 2 rings (SSSR count). The fraction of sp³-hybridized carbons (Fsp3) is 0.154. The van der Waals surface area contributed by atoms with Crippen molar-refractivity contribution in [3.05, 3.63) is 64.4 Å². The maximum absolute atomic E-state index is 6.00. The van der Waals surface area contributed by atoms with E-state index in [4.69, 9.17) is 17.3 Å². The zero-order chi connectivity index (χ0) is 11.4. The first kappa shape index (κ1) is 11.1. The second-order valence-corrected chi connectivity index (χ2v) is 4.03. The first-order valence-electron chi connectivity index (χ1n) is 5.17. The van der Waals surface area contributed by atoms with Gasteiger partial charge in [-0.15, -0.1) is 0 Å². The molecule has 2 N–H and O–H groups in total. The van der Waals surface area contributed by atoms with Gasteiger partial charge in [0.1, 0.15) is 0 Å². The average Bonchev–Trinajstić information content (AvgIpc) is 2.33. The lowest BCUT2D eigenvalue weighted by Crippen LogP contribution is -1.99. The number of aromatic nitrogens is 1. The lowest BCUT2D eigenvalue weighted by atomic mass is 10.1. The van der Waals surface area contributed by atoms with Gasteiger partial charge >= 0.3 is 0 Å². The SMILES string of the molecule is NCc1cc(Cc2ccccn2)ccc1Cl. The zero-order valence-electron chi connectivity index (χ0n) is 8.86. The molecule has 2 aromatic rings.